The summed E-state index contributed by atoms with van der Waals surface area (Å²) >= 11 is 0. The second-order valence-corrected chi connectivity index (χ2v) is 7.94. The van der Waals surface area contributed by atoms with Gasteiger partial charge in [-0.3, -0.25) is 0 Å². The molecule has 0 unspecified atom stereocenters. The van der Waals surface area contributed by atoms with Gasteiger partial charge in [-0.15, -0.1) is 0 Å². The summed E-state index contributed by atoms with van der Waals surface area (Å²) < 4.78 is 43.6. The first kappa shape index (κ1) is 16.5. The maximum atomic E-state index is 13.1. The molecular formula is C16H23NO5S. The number of rotatable bonds is 7. The van der Waals surface area contributed by atoms with E-state index in [-0.39, 0.29) is 16.9 Å². The van der Waals surface area contributed by atoms with Crippen molar-refractivity contribution in [2.45, 2.75) is 30.2 Å². The van der Waals surface area contributed by atoms with Crippen LogP contribution >= 0.6 is 0 Å². The van der Waals surface area contributed by atoms with Crippen LogP contribution in [0.2, 0.25) is 0 Å². The summed E-state index contributed by atoms with van der Waals surface area (Å²) in [5.74, 6) is 1.23. The second-order valence-electron chi connectivity index (χ2n) is 6.05. The van der Waals surface area contributed by atoms with Gasteiger partial charge < -0.3 is 14.2 Å². The van der Waals surface area contributed by atoms with E-state index in [1.165, 1.54) is 20.3 Å². The fourth-order valence-electron chi connectivity index (χ4n) is 2.90. The van der Waals surface area contributed by atoms with E-state index in [0.717, 1.165) is 25.9 Å². The highest BCUT2D eigenvalue weighted by Crippen LogP contribution is 2.36. The predicted molar refractivity (Wildman–Crippen MR) is 85.4 cm³/mol. The van der Waals surface area contributed by atoms with Crippen molar-refractivity contribution in [1.82, 2.24) is 4.31 Å². The van der Waals surface area contributed by atoms with Crippen LogP contribution in [0.4, 0.5) is 0 Å². The number of sulfonamides is 1. The molecule has 1 aromatic rings. The summed E-state index contributed by atoms with van der Waals surface area (Å²) in [7, 11) is -0.508. The molecule has 0 amide bonds. The zero-order valence-electron chi connectivity index (χ0n) is 13.5. The van der Waals surface area contributed by atoms with Crippen LogP contribution in [-0.4, -0.2) is 52.7 Å². The Hall–Kier alpha value is -1.31. The Kier molecular flexibility index (Phi) is 4.79. The molecule has 1 aliphatic carbocycles. The van der Waals surface area contributed by atoms with E-state index >= 15 is 0 Å². The van der Waals surface area contributed by atoms with Gasteiger partial charge in [0.25, 0.3) is 0 Å². The first-order valence-electron chi connectivity index (χ1n) is 7.88. The molecule has 3 rings (SSSR count). The third-order valence-electron chi connectivity index (χ3n) is 4.38. The van der Waals surface area contributed by atoms with Gasteiger partial charge in [-0.25, -0.2) is 8.42 Å². The Balaban J connectivity index is 1.88. The topological polar surface area (TPSA) is 65.1 Å². The molecule has 2 aliphatic rings. The van der Waals surface area contributed by atoms with Crippen LogP contribution in [-0.2, 0) is 14.8 Å². The molecule has 23 heavy (non-hydrogen) atoms. The SMILES string of the molecule is COc1ccc(S(=O)(=O)N(C[C@@H]2CCOC2)C2CC2)cc1OC. The van der Waals surface area contributed by atoms with E-state index in [4.69, 9.17) is 14.2 Å². The second kappa shape index (κ2) is 6.67. The molecule has 2 fully saturated rings. The Bertz CT molecular complexity index is 650. The molecule has 128 valence electrons. The third kappa shape index (κ3) is 3.46. The van der Waals surface area contributed by atoms with E-state index in [9.17, 15) is 8.42 Å². The number of ether oxygens (including phenoxy) is 3. The summed E-state index contributed by atoms with van der Waals surface area (Å²) in [6, 6.07) is 4.87. The van der Waals surface area contributed by atoms with Gasteiger partial charge in [0.15, 0.2) is 11.5 Å². The van der Waals surface area contributed by atoms with Crippen molar-refractivity contribution in [2.75, 3.05) is 34.0 Å². The lowest BCUT2D eigenvalue weighted by Gasteiger charge is -2.24. The van der Waals surface area contributed by atoms with E-state index in [0.29, 0.717) is 24.7 Å². The minimum atomic E-state index is -3.54. The minimum absolute atomic E-state index is 0.119. The van der Waals surface area contributed by atoms with Crippen LogP contribution in [0, 0.1) is 5.92 Å². The van der Waals surface area contributed by atoms with Crippen molar-refractivity contribution in [3.8, 4) is 11.5 Å². The van der Waals surface area contributed by atoms with Gasteiger partial charge in [0.1, 0.15) is 0 Å². The summed E-state index contributed by atoms with van der Waals surface area (Å²) in [5.41, 5.74) is 0. The summed E-state index contributed by atoms with van der Waals surface area (Å²) in [4.78, 5) is 0.251. The van der Waals surface area contributed by atoms with Gasteiger partial charge in [-0.2, -0.15) is 4.31 Å². The standard InChI is InChI=1S/C16H23NO5S/c1-20-15-6-5-14(9-16(15)21-2)23(18,19)17(13-3-4-13)10-12-7-8-22-11-12/h5-6,9,12-13H,3-4,7-8,10-11H2,1-2H3/t12-/m0/s1. The van der Waals surface area contributed by atoms with Gasteiger partial charge in [-0.05, 0) is 37.3 Å². The third-order valence-corrected chi connectivity index (χ3v) is 6.29. The first-order chi connectivity index (χ1) is 11.1. The van der Waals surface area contributed by atoms with E-state index in [1.807, 2.05) is 0 Å². The van der Waals surface area contributed by atoms with Gasteiger partial charge >= 0.3 is 0 Å². The Morgan fingerprint density at radius 2 is 1.91 bits per heavy atom. The van der Waals surface area contributed by atoms with Crippen molar-refractivity contribution in [2.24, 2.45) is 5.92 Å². The van der Waals surface area contributed by atoms with Crippen molar-refractivity contribution in [1.29, 1.82) is 0 Å². The summed E-state index contributed by atoms with van der Waals surface area (Å²) in [6.07, 6.45) is 2.78. The molecule has 0 bridgehead atoms. The van der Waals surface area contributed by atoms with Crippen LogP contribution in [0.15, 0.2) is 23.1 Å². The highest BCUT2D eigenvalue weighted by atomic mass is 32.2. The average Bonchev–Trinajstić information content (AvgIpc) is 3.27. The normalized spacial score (nSPS) is 21.6. The van der Waals surface area contributed by atoms with Crippen LogP contribution in [0.25, 0.3) is 0 Å². The Morgan fingerprint density at radius 1 is 1.17 bits per heavy atom. The Labute approximate surface area is 137 Å². The zero-order chi connectivity index (χ0) is 16.4. The number of benzene rings is 1. The molecule has 6 nitrogen and oxygen atoms in total. The highest BCUT2D eigenvalue weighted by Gasteiger charge is 2.40. The molecule has 1 saturated carbocycles. The molecule has 1 aromatic carbocycles. The lowest BCUT2D eigenvalue weighted by atomic mass is 10.1. The van der Waals surface area contributed by atoms with E-state index in [1.54, 1.807) is 16.4 Å². The quantitative estimate of drug-likeness (QED) is 0.758. The van der Waals surface area contributed by atoms with Crippen molar-refractivity contribution >= 4 is 10.0 Å². The molecule has 1 heterocycles. The van der Waals surface area contributed by atoms with Gasteiger partial charge in [-0.1, -0.05) is 0 Å². The maximum Gasteiger partial charge on any atom is 0.243 e. The molecule has 1 aliphatic heterocycles. The van der Waals surface area contributed by atoms with Crippen molar-refractivity contribution in [3.05, 3.63) is 18.2 Å². The van der Waals surface area contributed by atoms with E-state index in [2.05, 4.69) is 0 Å². The number of hydrogen-bond donors (Lipinski definition) is 0. The molecule has 0 aromatic heterocycles. The van der Waals surface area contributed by atoms with Crippen molar-refractivity contribution in [3.63, 3.8) is 0 Å². The summed E-state index contributed by atoms with van der Waals surface area (Å²) in [6.45, 7) is 1.89. The monoisotopic (exact) mass is 341 g/mol. The molecule has 0 radical (unpaired) electrons. The zero-order valence-corrected chi connectivity index (χ0v) is 14.3. The minimum Gasteiger partial charge on any atom is -0.493 e. The van der Waals surface area contributed by atoms with Gasteiger partial charge in [0.2, 0.25) is 10.0 Å². The fraction of sp³-hybridized carbons (Fsp3) is 0.625. The molecule has 0 N–H and O–H groups in total. The predicted octanol–water partition coefficient (Wildman–Crippen LogP) is 1.89. The molecule has 7 heteroatoms. The molecule has 1 saturated heterocycles. The Morgan fingerprint density at radius 3 is 2.48 bits per heavy atom. The van der Waals surface area contributed by atoms with E-state index < -0.39 is 10.0 Å². The van der Waals surface area contributed by atoms with Gasteiger partial charge in [0, 0.05) is 25.3 Å². The van der Waals surface area contributed by atoms with Crippen LogP contribution in [0.3, 0.4) is 0 Å². The van der Waals surface area contributed by atoms with Gasteiger partial charge in [0.05, 0.1) is 25.7 Å². The smallest absolute Gasteiger partial charge is 0.243 e. The number of hydrogen-bond acceptors (Lipinski definition) is 5. The maximum absolute atomic E-state index is 13.1. The molecule has 1 atom stereocenters. The average molecular weight is 341 g/mol. The number of methoxy groups -OCH3 is 2. The fourth-order valence-corrected chi connectivity index (χ4v) is 4.68. The van der Waals surface area contributed by atoms with Crippen LogP contribution in [0.1, 0.15) is 19.3 Å². The highest BCUT2D eigenvalue weighted by molar-refractivity contribution is 7.89. The van der Waals surface area contributed by atoms with Crippen LogP contribution < -0.4 is 9.47 Å². The lowest BCUT2D eigenvalue weighted by molar-refractivity contribution is 0.180. The first-order valence-corrected chi connectivity index (χ1v) is 9.32. The summed E-state index contributed by atoms with van der Waals surface area (Å²) in [5, 5.41) is 0. The largest absolute Gasteiger partial charge is 0.493 e. The van der Waals surface area contributed by atoms with Crippen LogP contribution in [0.5, 0.6) is 11.5 Å². The van der Waals surface area contributed by atoms with Crippen molar-refractivity contribution < 1.29 is 22.6 Å². The molecule has 0 spiro atoms. The lowest BCUT2D eigenvalue weighted by Crippen LogP contribution is -2.37. The number of nitrogens with zero attached hydrogens (tertiary/aromatic N) is 1. The molecular weight excluding hydrogens is 318 g/mol.